The number of fused-ring (bicyclic) bond motifs is 4. The van der Waals surface area contributed by atoms with E-state index in [-0.39, 0.29) is 11.8 Å². The molecule has 2 aromatic carbocycles. The predicted molar refractivity (Wildman–Crippen MR) is 91.8 cm³/mol. The molecule has 0 saturated carbocycles. The van der Waals surface area contributed by atoms with Gasteiger partial charge in [-0.1, -0.05) is 54.6 Å². The van der Waals surface area contributed by atoms with Crippen LogP contribution in [0.25, 0.3) is 0 Å². The number of pyridine rings is 1. The van der Waals surface area contributed by atoms with E-state index in [1.807, 2.05) is 24.3 Å². The highest BCUT2D eigenvalue weighted by atomic mass is 16.2. The Hall–Kier alpha value is -2.94. The molecule has 1 aromatic heterocycles. The molecular weight excluding hydrogens is 296 g/mol. The van der Waals surface area contributed by atoms with E-state index in [4.69, 9.17) is 0 Å². The van der Waals surface area contributed by atoms with Gasteiger partial charge in [0.2, 0.25) is 0 Å². The summed E-state index contributed by atoms with van der Waals surface area (Å²) in [6, 6.07) is 22.6. The van der Waals surface area contributed by atoms with E-state index < -0.39 is 5.54 Å². The predicted octanol–water partition coefficient (Wildman–Crippen LogP) is 3.60. The number of benzene rings is 2. The highest BCUT2D eigenvalue weighted by Crippen LogP contribution is 2.52. The molecule has 1 N–H and O–H groups in total. The third-order valence-electron chi connectivity index (χ3n) is 5.29. The maximum atomic E-state index is 12.5. The molecule has 116 valence electrons. The smallest absolute Gasteiger partial charge is 0.254 e. The first-order valence-corrected chi connectivity index (χ1v) is 8.22. The van der Waals surface area contributed by atoms with E-state index in [2.05, 4.69) is 52.8 Å². The van der Waals surface area contributed by atoms with Crippen molar-refractivity contribution in [1.82, 2.24) is 10.3 Å². The minimum Gasteiger partial charge on any atom is -0.337 e. The van der Waals surface area contributed by atoms with Gasteiger partial charge < -0.3 is 5.32 Å². The minimum absolute atomic E-state index is 0.0263. The van der Waals surface area contributed by atoms with Crippen molar-refractivity contribution in [2.75, 3.05) is 0 Å². The second kappa shape index (κ2) is 4.78. The molecule has 0 unspecified atom stereocenters. The molecule has 3 heteroatoms. The number of carbonyl (C=O) groups is 1. The van der Waals surface area contributed by atoms with E-state index in [0.29, 0.717) is 5.56 Å². The number of hydrogen-bond acceptors (Lipinski definition) is 2. The first-order valence-electron chi connectivity index (χ1n) is 8.22. The van der Waals surface area contributed by atoms with Gasteiger partial charge in [-0.3, -0.25) is 9.78 Å². The molecule has 3 nitrogen and oxygen atoms in total. The van der Waals surface area contributed by atoms with Crippen molar-refractivity contribution in [2.24, 2.45) is 0 Å². The van der Waals surface area contributed by atoms with Crippen LogP contribution in [0, 0.1) is 0 Å². The monoisotopic (exact) mass is 312 g/mol. The van der Waals surface area contributed by atoms with Crippen molar-refractivity contribution >= 4 is 5.91 Å². The fourth-order valence-corrected chi connectivity index (χ4v) is 4.29. The summed E-state index contributed by atoms with van der Waals surface area (Å²) in [7, 11) is 0. The fraction of sp³-hybridized carbons (Fsp3) is 0.143. The van der Waals surface area contributed by atoms with Gasteiger partial charge in [-0.2, -0.15) is 0 Å². The van der Waals surface area contributed by atoms with Crippen LogP contribution >= 0.6 is 0 Å². The Balaban J connectivity index is 1.75. The molecule has 5 rings (SSSR count). The Labute approximate surface area is 140 Å². The van der Waals surface area contributed by atoms with E-state index in [9.17, 15) is 4.79 Å². The van der Waals surface area contributed by atoms with Gasteiger partial charge in [0, 0.05) is 12.1 Å². The summed E-state index contributed by atoms with van der Waals surface area (Å²) < 4.78 is 0. The highest BCUT2D eigenvalue weighted by molar-refractivity contribution is 6.00. The fourth-order valence-electron chi connectivity index (χ4n) is 4.29. The first-order chi connectivity index (χ1) is 11.8. The second-order valence-electron chi connectivity index (χ2n) is 6.51. The SMILES string of the molecule is O=C1N[C@@]2(C[C@@H](c3ccccc3)c3ccccc32)c2ncccc21. The molecule has 0 saturated heterocycles. The van der Waals surface area contributed by atoms with Crippen molar-refractivity contribution in [3.63, 3.8) is 0 Å². The number of aromatic nitrogens is 1. The zero-order valence-corrected chi connectivity index (χ0v) is 13.1. The largest absolute Gasteiger partial charge is 0.337 e. The molecule has 24 heavy (non-hydrogen) atoms. The first kappa shape index (κ1) is 13.5. The molecule has 1 amide bonds. The van der Waals surface area contributed by atoms with Crippen molar-refractivity contribution < 1.29 is 4.79 Å². The molecule has 3 aromatic rings. The van der Waals surface area contributed by atoms with Crippen LogP contribution in [-0.4, -0.2) is 10.9 Å². The van der Waals surface area contributed by atoms with E-state index in [1.165, 1.54) is 16.7 Å². The number of nitrogens with one attached hydrogen (secondary N) is 1. The van der Waals surface area contributed by atoms with Gasteiger partial charge in [-0.15, -0.1) is 0 Å². The summed E-state index contributed by atoms with van der Waals surface area (Å²) in [6.45, 7) is 0. The lowest BCUT2D eigenvalue weighted by Gasteiger charge is -2.26. The van der Waals surface area contributed by atoms with Gasteiger partial charge in [0.1, 0.15) is 5.54 Å². The average Bonchev–Trinajstić information content (AvgIpc) is 3.13. The Morgan fingerprint density at radius 2 is 1.75 bits per heavy atom. The van der Waals surface area contributed by atoms with Gasteiger partial charge in [0.25, 0.3) is 5.91 Å². The number of hydrogen-bond donors (Lipinski definition) is 1. The van der Waals surface area contributed by atoms with Crippen molar-refractivity contribution in [1.29, 1.82) is 0 Å². The van der Waals surface area contributed by atoms with Crippen LogP contribution in [0.1, 0.15) is 45.1 Å². The molecule has 0 bridgehead atoms. The number of rotatable bonds is 1. The lowest BCUT2D eigenvalue weighted by atomic mass is 9.87. The van der Waals surface area contributed by atoms with Gasteiger partial charge >= 0.3 is 0 Å². The van der Waals surface area contributed by atoms with Crippen molar-refractivity contribution in [2.45, 2.75) is 17.9 Å². The summed E-state index contributed by atoms with van der Waals surface area (Å²) in [5, 5.41) is 3.25. The van der Waals surface area contributed by atoms with Crippen LogP contribution in [0.5, 0.6) is 0 Å². The van der Waals surface area contributed by atoms with Crippen LogP contribution in [0.2, 0.25) is 0 Å². The van der Waals surface area contributed by atoms with Crippen LogP contribution in [-0.2, 0) is 5.54 Å². The zero-order valence-electron chi connectivity index (χ0n) is 13.1. The topological polar surface area (TPSA) is 42.0 Å². The summed E-state index contributed by atoms with van der Waals surface area (Å²) >= 11 is 0. The highest BCUT2D eigenvalue weighted by Gasteiger charge is 2.52. The Bertz CT molecular complexity index is 951. The van der Waals surface area contributed by atoms with Gasteiger partial charge in [-0.05, 0) is 35.2 Å². The average molecular weight is 312 g/mol. The third-order valence-corrected chi connectivity index (χ3v) is 5.29. The molecule has 1 spiro atoms. The quantitative estimate of drug-likeness (QED) is 0.746. The van der Waals surface area contributed by atoms with Crippen LogP contribution in [0.3, 0.4) is 0 Å². The standard InChI is InChI=1S/C21H16N2O/c24-20-16-10-6-12-22-19(16)21(23-20)13-17(14-7-2-1-3-8-14)15-9-4-5-11-18(15)21/h1-12,17H,13H2,(H,23,24)/t17-,21+/m0/s1. The lowest BCUT2D eigenvalue weighted by molar-refractivity contribution is 0.0940. The zero-order chi connectivity index (χ0) is 16.1. The van der Waals surface area contributed by atoms with Crippen LogP contribution in [0.4, 0.5) is 0 Å². The van der Waals surface area contributed by atoms with Crippen molar-refractivity contribution in [3.8, 4) is 0 Å². The van der Waals surface area contributed by atoms with Crippen molar-refractivity contribution in [3.05, 3.63) is 101 Å². The van der Waals surface area contributed by atoms with E-state index in [1.54, 1.807) is 6.20 Å². The third kappa shape index (κ3) is 1.67. The van der Waals surface area contributed by atoms with E-state index >= 15 is 0 Å². The van der Waals surface area contributed by atoms with Crippen LogP contribution in [0.15, 0.2) is 72.9 Å². The van der Waals surface area contributed by atoms with Crippen LogP contribution < -0.4 is 5.32 Å². The maximum absolute atomic E-state index is 12.5. The number of amides is 1. The molecule has 0 radical (unpaired) electrons. The Morgan fingerprint density at radius 3 is 2.62 bits per heavy atom. The minimum atomic E-state index is -0.509. The summed E-state index contributed by atoms with van der Waals surface area (Å²) in [5.41, 5.74) is 4.78. The second-order valence-corrected chi connectivity index (χ2v) is 6.51. The molecule has 2 heterocycles. The molecule has 1 aliphatic heterocycles. The molecule has 1 aliphatic carbocycles. The maximum Gasteiger partial charge on any atom is 0.254 e. The van der Waals surface area contributed by atoms with Gasteiger partial charge in [0.05, 0.1) is 11.3 Å². The Kier molecular flexibility index (Phi) is 2.69. The van der Waals surface area contributed by atoms with E-state index in [0.717, 1.165) is 12.1 Å². The summed E-state index contributed by atoms with van der Waals surface area (Å²) in [6.07, 6.45) is 2.59. The molecule has 2 aliphatic rings. The van der Waals surface area contributed by atoms with Gasteiger partial charge in [0.15, 0.2) is 0 Å². The molecular formula is C21H16N2O. The number of nitrogens with zero attached hydrogens (tertiary/aromatic N) is 1. The summed E-state index contributed by atoms with van der Waals surface area (Å²) in [5.74, 6) is 0.234. The number of carbonyl (C=O) groups excluding carboxylic acids is 1. The summed E-state index contributed by atoms with van der Waals surface area (Å²) in [4.78, 5) is 17.1. The molecule has 0 fully saturated rings. The normalized spacial score (nSPS) is 23.8. The lowest BCUT2D eigenvalue weighted by Crippen LogP contribution is -2.39. The Morgan fingerprint density at radius 1 is 0.958 bits per heavy atom. The molecule has 2 atom stereocenters. The van der Waals surface area contributed by atoms with Gasteiger partial charge in [-0.25, -0.2) is 0 Å².